The lowest BCUT2D eigenvalue weighted by atomic mass is 10.1. The van der Waals surface area contributed by atoms with Gasteiger partial charge in [0.1, 0.15) is 5.82 Å². The highest BCUT2D eigenvalue weighted by Crippen LogP contribution is 2.34. The van der Waals surface area contributed by atoms with E-state index in [0.29, 0.717) is 17.1 Å². The van der Waals surface area contributed by atoms with Crippen molar-refractivity contribution < 1.29 is 22.8 Å². The summed E-state index contributed by atoms with van der Waals surface area (Å²) in [5.74, 6) is -0.495. The summed E-state index contributed by atoms with van der Waals surface area (Å²) in [7, 11) is 0. The lowest BCUT2D eigenvalue weighted by Crippen LogP contribution is -2.16. The van der Waals surface area contributed by atoms with Crippen LogP contribution in [0.25, 0.3) is 0 Å². The van der Waals surface area contributed by atoms with Gasteiger partial charge in [0.15, 0.2) is 5.78 Å². The molecule has 0 unspecified atom stereocenters. The largest absolute Gasteiger partial charge is 0.418 e. The molecule has 0 aliphatic rings. The van der Waals surface area contributed by atoms with Crippen molar-refractivity contribution in [2.75, 3.05) is 10.6 Å². The summed E-state index contributed by atoms with van der Waals surface area (Å²) in [5.41, 5.74) is -0.0349. The van der Waals surface area contributed by atoms with Crippen molar-refractivity contribution in [1.82, 2.24) is 4.98 Å². The Bertz CT molecular complexity index is 1060. The Morgan fingerprint density at radius 2 is 1.69 bits per heavy atom. The summed E-state index contributed by atoms with van der Waals surface area (Å²) in [5, 5.41) is 5.26. The number of para-hydroxylation sites is 1. The molecule has 1 heterocycles. The van der Waals surface area contributed by atoms with E-state index in [1.807, 2.05) is 0 Å². The zero-order valence-corrected chi connectivity index (χ0v) is 15.2. The van der Waals surface area contributed by atoms with Crippen LogP contribution in [0.4, 0.5) is 30.4 Å². The third kappa shape index (κ3) is 4.98. The van der Waals surface area contributed by atoms with Crippen molar-refractivity contribution >= 4 is 28.9 Å². The zero-order chi connectivity index (χ0) is 21.0. The van der Waals surface area contributed by atoms with Gasteiger partial charge in [0.25, 0.3) is 5.91 Å². The van der Waals surface area contributed by atoms with Gasteiger partial charge in [0, 0.05) is 23.0 Å². The normalized spacial score (nSPS) is 11.0. The van der Waals surface area contributed by atoms with E-state index in [4.69, 9.17) is 0 Å². The Hall–Kier alpha value is -3.68. The van der Waals surface area contributed by atoms with Crippen molar-refractivity contribution in [2.45, 2.75) is 13.1 Å². The van der Waals surface area contributed by atoms with Crippen molar-refractivity contribution in [1.29, 1.82) is 0 Å². The molecule has 0 bridgehead atoms. The summed E-state index contributed by atoms with van der Waals surface area (Å²) >= 11 is 0. The van der Waals surface area contributed by atoms with Gasteiger partial charge in [-0.15, -0.1) is 0 Å². The van der Waals surface area contributed by atoms with Gasteiger partial charge in [0.2, 0.25) is 0 Å². The fourth-order valence-electron chi connectivity index (χ4n) is 2.64. The lowest BCUT2D eigenvalue weighted by molar-refractivity contribution is -0.136. The second kappa shape index (κ2) is 8.14. The number of amides is 1. The number of halogens is 3. The Kier molecular flexibility index (Phi) is 5.63. The molecule has 0 spiro atoms. The molecule has 1 aromatic heterocycles. The average Bonchev–Trinajstić information content (AvgIpc) is 2.68. The molecule has 29 heavy (non-hydrogen) atoms. The average molecular weight is 399 g/mol. The SMILES string of the molecule is CC(=O)c1cccc(Nc2cc(C(=O)Nc3ccccc3C(F)(F)F)ccn2)c1. The molecular weight excluding hydrogens is 383 g/mol. The molecule has 0 saturated heterocycles. The molecule has 0 atom stereocenters. The number of pyridine rings is 1. The van der Waals surface area contributed by atoms with Crippen molar-refractivity contribution in [3.63, 3.8) is 0 Å². The minimum Gasteiger partial charge on any atom is -0.340 e. The van der Waals surface area contributed by atoms with Crippen LogP contribution in [0, 0.1) is 0 Å². The first-order valence-electron chi connectivity index (χ1n) is 8.56. The van der Waals surface area contributed by atoms with Crippen LogP contribution in [0.5, 0.6) is 0 Å². The second-order valence-electron chi connectivity index (χ2n) is 6.19. The quantitative estimate of drug-likeness (QED) is 0.571. The smallest absolute Gasteiger partial charge is 0.340 e. The highest BCUT2D eigenvalue weighted by atomic mass is 19.4. The van der Waals surface area contributed by atoms with Crippen molar-refractivity contribution in [3.05, 3.63) is 83.6 Å². The van der Waals surface area contributed by atoms with E-state index in [2.05, 4.69) is 15.6 Å². The molecule has 0 aliphatic carbocycles. The summed E-state index contributed by atoms with van der Waals surface area (Å²) in [4.78, 5) is 28.1. The van der Waals surface area contributed by atoms with Gasteiger partial charge in [-0.2, -0.15) is 13.2 Å². The number of nitrogens with zero attached hydrogens (tertiary/aromatic N) is 1. The maximum absolute atomic E-state index is 13.1. The Balaban J connectivity index is 1.81. The summed E-state index contributed by atoms with van der Waals surface area (Å²) < 4.78 is 39.3. The molecule has 0 saturated carbocycles. The van der Waals surface area contributed by atoms with Crippen LogP contribution >= 0.6 is 0 Å². The maximum atomic E-state index is 13.1. The number of anilines is 3. The standard InChI is InChI=1S/C21H16F3N3O2/c1-13(28)14-5-4-6-16(11-14)26-19-12-15(9-10-25-19)20(29)27-18-8-3-2-7-17(18)21(22,23)24/h2-12H,1H3,(H,25,26)(H,27,29). The molecule has 3 rings (SSSR count). The summed E-state index contributed by atoms with van der Waals surface area (Å²) in [6, 6.07) is 14.3. The third-order valence-corrected chi connectivity index (χ3v) is 4.04. The highest BCUT2D eigenvalue weighted by Gasteiger charge is 2.33. The topological polar surface area (TPSA) is 71.1 Å². The monoisotopic (exact) mass is 399 g/mol. The number of rotatable bonds is 5. The van der Waals surface area contributed by atoms with E-state index in [0.717, 1.165) is 6.07 Å². The van der Waals surface area contributed by atoms with E-state index >= 15 is 0 Å². The number of nitrogens with one attached hydrogen (secondary N) is 2. The van der Waals surface area contributed by atoms with Gasteiger partial charge in [-0.3, -0.25) is 9.59 Å². The highest BCUT2D eigenvalue weighted by molar-refractivity contribution is 6.05. The first kappa shape index (κ1) is 20.1. The van der Waals surface area contributed by atoms with Gasteiger partial charge >= 0.3 is 6.18 Å². The summed E-state index contributed by atoms with van der Waals surface area (Å²) in [6.45, 7) is 1.45. The number of ketones is 1. The van der Waals surface area contributed by atoms with Crippen LogP contribution < -0.4 is 10.6 Å². The molecule has 1 amide bonds. The number of alkyl halides is 3. The number of aromatic nitrogens is 1. The van der Waals surface area contributed by atoms with E-state index in [9.17, 15) is 22.8 Å². The van der Waals surface area contributed by atoms with Gasteiger partial charge in [-0.25, -0.2) is 4.98 Å². The van der Waals surface area contributed by atoms with Crippen LogP contribution in [0.2, 0.25) is 0 Å². The molecule has 148 valence electrons. The van der Waals surface area contributed by atoms with Crippen LogP contribution in [0.3, 0.4) is 0 Å². The first-order valence-corrected chi connectivity index (χ1v) is 8.56. The van der Waals surface area contributed by atoms with Gasteiger partial charge in [-0.05, 0) is 43.3 Å². The fraction of sp³-hybridized carbons (Fsp3) is 0.0952. The van der Waals surface area contributed by atoms with Crippen LogP contribution in [0.1, 0.15) is 33.2 Å². The van der Waals surface area contributed by atoms with Gasteiger partial charge in [0.05, 0.1) is 11.3 Å². The van der Waals surface area contributed by atoms with Gasteiger partial charge < -0.3 is 10.6 Å². The molecular formula is C21H16F3N3O2. The van der Waals surface area contributed by atoms with Crippen LogP contribution in [-0.2, 0) is 6.18 Å². The van der Waals surface area contributed by atoms with E-state index in [-0.39, 0.29) is 17.0 Å². The number of carbonyl (C=O) groups is 2. The molecule has 0 fully saturated rings. The van der Waals surface area contributed by atoms with Gasteiger partial charge in [-0.1, -0.05) is 24.3 Å². The number of hydrogen-bond acceptors (Lipinski definition) is 4. The van der Waals surface area contributed by atoms with Crippen LogP contribution in [-0.4, -0.2) is 16.7 Å². The fourth-order valence-corrected chi connectivity index (χ4v) is 2.64. The molecule has 0 aliphatic heterocycles. The summed E-state index contributed by atoms with van der Waals surface area (Å²) in [6.07, 6.45) is -3.22. The molecule has 5 nitrogen and oxygen atoms in total. The minimum absolute atomic E-state index is 0.0990. The predicted molar refractivity (Wildman–Crippen MR) is 103 cm³/mol. The van der Waals surface area contributed by atoms with E-state index in [1.165, 1.54) is 43.5 Å². The third-order valence-electron chi connectivity index (χ3n) is 4.04. The Morgan fingerprint density at radius 3 is 2.41 bits per heavy atom. The number of carbonyl (C=O) groups excluding carboxylic acids is 2. The minimum atomic E-state index is -4.59. The van der Waals surface area contributed by atoms with Crippen molar-refractivity contribution in [3.8, 4) is 0 Å². The molecule has 2 N–H and O–H groups in total. The van der Waals surface area contributed by atoms with E-state index in [1.54, 1.807) is 24.3 Å². The second-order valence-corrected chi connectivity index (χ2v) is 6.19. The lowest BCUT2D eigenvalue weighted by Gasteiger charge is -2.14. The number of benzene rings is 2. The Labute approximate surface area is 164 Å². The van der Waals surface area contributed by atoms with Crippen LogP contribution in [0.15, 0.2) is 66.9 Å². The molecule has 3 aromatic rings. The number of hydrogen-bond donors (Lipinski definition) is 2. The predicted octanol–water partition coefficient (Wildman–Crippen LogP) is 5.30. The first-order chi connectivity index (χ1) is 13.7. The Morgan fingerprint density at radius 1 is 0.931 bits per heavy atom. The number of Topliss-reactive ketones (excluding diaryl/α,β-unsaturated/α-hetero) is 1. The van der Waals surface area contributed by atoms with E-state index < -0.39 is 17.6 Å². The molecule has 8 heteroatoms. The molecule has 0 radical (unpaired) electrons. The molecule has 2 aromatic carbocycles. The maximum Gasteiger partial charge on any atom is 0.418 e. The zero-order valence-electron chi connectivity index (χ0n) is 15.2. The van der Waals surface area contributed by atoms with Crippen molar-refractivity contribution in [2.24, 2.45) is 0 Å².